The minimum absolute atomic E-state index is 0.139. The van der Waals surface area contributed by atoms with Gasteiger partial charge in [-0.05, 0) is 30.0 Å². The van der Waals surface area contributed by atoms with Crippen molar-refractivity contribution in [3.8, 4) is 0 Å². The number of hydrogen-bond donors (Lipinski definition) is 0. The van der Waals surface area contributed by atoms with E-state index in [9.17, 15) is 4.79 Å². The molecule has 1 aliphatic rings. The molecule has 1 atom stereocenters. The summed E-state index contributed by atoms with van der Waals surface area (Å²) in [7, 11) is 0. The zero-order chi connectivity index (χ0) is 16.5. The number of nitrogens with zero attached hydrogens (tertiary/aromatic N) is 2. The van der Waals surface area contributed by atoms with Gasteiger partial charge in [0, 0.05) is 24.0 Å². The lowest BCUT2D eigenvalue weighted by Gasteiger charge is -2.24. The van der Waals surface area contributed by atoms with Gasteiger partial charge in [-0.25, -0.2) is 0 Å². The summed E-state index contributed by atoms with van der Waals surface area (Å²) in [6.07, 6.45) is 2.01. The van der Waals surface area contributed by atoms with E-state index in [2.05, 4.69) is 49.4 Å². The van der Waals surface area contributed by atoms with E-state index in [-0.39, 0.29) is 11.3 Å². The van der Waals surface area contributed by atoms with Crippen LogP contribution in [0, 0.1) is 6.92 Å². The van der Waals surface area contributed by atoms with Crippen LogP contribution in [0.2, 0.25) is 0 Å². The fourth-order valence-corrected chi connectivity index (χ4v) is 4.53. The average molecular weight is 336 g/mol. The molecule has 4 heteroatoms. The van der Waals surface area contributed by atoms with Gasteiger partial charge in [0.1, 0.15) is 11.9 Å². The third kappa shape index (κ3) is 2.82. The molecule has 2 aromatic carbocycles. The van der Waals surface area contributed by atoms with Crippen molar-refractivity contribution in [2.75, 3.05) is 12.3 Å². The quantitative estimate of drug-likeness (QED) is 0.715. The molecule has 2 heterocycles. The Hall–Kier alpha value is -2.20. The highest BCUT2D eigenvalue weighted by Gasteiger charge is 2.30. The van der Waals surface area contributed by atoms with Crippen LogP contribution in [0.25, 0.3) is 10.9 Å². The van der Waals surface area contributed by atoms with E-state index in [4.69, 9.17) is 0 Å². The van der Waals surface area contributed by atoms with Crippen LogP contribution < -0.4 is 0 Å². The van der Waals surface area contributed by atoms with Crippen molar-refractivity contribution in [1.29, 1.82) is 0 Å². The Balaban J connectivity index is 1.56. The summed E-state index contributed by atoms with van der Waals surface area (Å²) in [5.74, 6) is 1.18. The van der Waals surface area contributed by atoms with Crippen molar-refractivity contribution >= 4 is 28.6 Å². The van der Waals surface area contributed by atoms with Gasteiger partial charge in [0.2, 0.25) is 5.91 Å². The maximum absolute atomic E-state index is 12.9. The molecule has 0 N–H and O–H groups in total. The van der Waals surface area contributed by atoms with E-state index < -0.39 is 0 Å². The van der Waals surface area contributed by atoms with Gasteiger partial charge in [0.05, 0.1) is 0 Å². The maximum atomic E-state index is 12.9. The molecule has 0 radical (unpaired) electrons. The fraction of sp³-hybridized carbons (Fsp3) is 0.250. The molecule has 1 saturated heterocycles. The lowest BCUT2D eigenvalue weighted by atomic mass is 10.1. The predicted molar refractivity (Wildman–Crippen MR) is 100 cm³/mol. The van der Waals surface area contributed by atoms with Crippen LogP contribution in [0.3, 0.4) is 0 Å². The summed E-state index contributed by atoms with van der Waals surface area (Å²) in [6.45, 7) is 3.31. The molecule has 0 saturated carbocycles. The van der Waals surface area contributed by atoms with Gasteiger partial charge in [0.25, 0.3) is 0 Å². The minimum Gasteiger partial charge on any atom is -0.338 e. The monoisotopic (exact) mass is 336 g/mol. The van der Waals surface area contributed by atoms with E-state index in [0.29, 0.717) is 6.54 Å². The van der Waals surface area contributed by atoms with Gasteiger partial charge in [-0.15, -0.1) is 11.8 Å². The summed E-state index contributed by atoms with van der Waals surface area (Å²) in [5, 5.41) is 1.32. The Labute approximate surface area is 146 Å². The number of fused-ring (bicyclic) bond motifs is 1. The molecule has 1 fully saturated rings. The zero-order valence-corrected chi connectivity index (χ0v) is 14.5. The largest absolute Gasteiger partial charge is 0.338 e. The highest BCUT2D eigenvalue weighted by Crippen LogP contribution is 2.38. The molecule has 1 aromatic heterocycles. The van der Waals surface area contributed by atoms with Crippen LogP contribution in [-0.4, -0.2) is 27.7 Å². The first-order valence-electron chi connectivity index (χ1n) is 8.24. The molecule has 4 rings (SSSR count). The number of para-hydroxylation sites is 1. The van der Waals surface area contributed by atoms with Crippen molar-refractivity contribution in [2.24, 2.45) is 0 Å². The van der Waals surface area contributed by atoms with E-state index in [1.54, 1.807) is 0 Å². The summed E-state index contributed by atoms with van der Waals surface area (Å²) >= 11 is 1.85. The Morgan fingerprint density at radius 2 is 1.92 bits per heavy atom. The lowest BCUT2D eigenvalue weighted by Crippen LogP contribution is -2.33. The van der Waals surface area contributed by atoms with E-state index in [1.807, 2.05) is 39.6 Å². The molecule has 122 valence electrons. The molecule has 1 unspecified atom stereocenters. The van der Waals surface area contributed by atoms with E-state index >= 15 is 0 Å². The van der Waals surface area contributed by atoms with Gasteiger partial charge < -0.3 is 9.47 Å². The van der Waals surface area contributed by atoms with Crippen LogP contribution in [-0.2, 0) is 11.3 Å². The van der Waals surface area contributed by atoms with Crippen LogP contribution in [0.15, 0.2) is 60.8 Å². The fourth-order valence-electron chi connectivity index (χ4n) is 3.25. The van der Waals surface area contributed by atoms with E-state index in [1.165, 1.54) is 16.5 Å². The standard InChI is InChI=1S/C20H20N2OS/c1-15-6-8-17(9-7-15)20-22(12-13-24-20)19(23)14-21-11-10-16-4-2-3-5-18(16)21/h2-11,20H,12-14H2,1H3. The van der Waals surface area contributed by atoms with Crippen LogP contribution in [0.5, 0.6) is 0 Å². The zero-order valence-electron chi connectivity index (χ0n) is 13.7. The molecule has 0 spiro atoms. The molecular weight excluding hydrogens is 316 g/mol. The van der Waals surface area contributed by atoms with Gasteiger partial charge >= 0.3 is 0 Å². The lowest BCUT2D eigenvalue weighted by molar-refractivity contribution is -0.131. The second kappa shape index (κ2) is 6.36. The number of thioether (sulfide) groups is 1. The van der Waals surface area contributed by atoms with Gasteiger partial charge in [-0.2, -0.15) is 0 Å². The highest BCUT2D eigenvalue weighted by atomic mass is 32.2. The van der Waals surface area contributed by atoms with Crippen molar-refractivity contribution in [2.45, 2.75) is 18.8 Å². The molecule has 3 aromatic rings. The van der Waals surface area contributed by atoms with Crippen molar-refractivity contribution in [3.63, 3.8) is 0 Å². The van der Waals surface area contributed by atoms with Crippen LogP contribution in [0.4, 0.5) is 0 Å². The van der Waals surface area contributed by atoms with Gasteiger partial charge in [-0.1, -0.05) is 48.0 Å². The Bertz CT molecular complexity index is 869. The molecular formula is C20H20N2OS. The molecule has 1 aliphatic heterocycles. The molecule has 0 bridgehead atoms. The first-order chi connectivity index (χ1) is 11.7. The normalized spacial score (nSPS) is 17.5. The second-order valence-electron chi connectivity index (χ2n) is 6.22. The number of carbonyl (C=O) groups is 1. The van der Waals surface area contributed by atoms with Gasteiger partial charge in [-0.3, -0.25) is 4.79 Å². The number of carbonyl (C=O) groups excluding carboxylic acids is 1. The number of hydrogen-bond acceptors (Lipinski definition) is 2. The Kier molecular flexibility index (Phi) is 4.07. The number of aryl methyl sites for hydroxylation is 1. The van der Waals surface area contributed by atoms with E-state index in [0.717, 1.165) is 17.8 Å². The van der Waals surface area contributed by atoms with Crippen LogP contribution in [0.1, 0.15) is 16.5 Å². The summed E-state index contributed by atoms with van der Waals surface area (Å²) in [4.78, 5) is 14.9. The topological polar surface area (TPSA) is 25.2 Å². The summed E-state index contributed by atoms with van der Waals surface area (Å²) in [6, 6.07) is 18.8. The second-order valence-corrected chi connectivity index (χ2v) is 7.41. The first-order valence-corrected chi connectivity index (χ1v) is 9.29. The predicted octanol–water partition coefficient (Wildman–Crippen LogP) is 4.22. The minimum atomic E-state index is 0.139. The average Bonchev–Trinajstić information content (AvgIpc) is 3.23. The third-order valence-electron chi connectivity index (χ3n) is 4.56. The van der Waals surface area contributed by atoms with Gasteiger partial charge in [0.15, 0.2) is 0 Å². The number of amides is 1. The summed E-state index contributed by atoms with van der Waals surface area (Å²) in [5.41, 5.74) is 3.58. The Morgan fingerprint density at radius 3 is 2.75 bits per heavy atom. The third-order valence-corrected chi connectivity index (χ3v) is 5.82. The molecule has 24 heavy (non-hydrogen) atoms. The number of aromatic nitrogens is 1. The SMILES string of the molecule is Cc1ccc(C2SCCN2C(=O)Cn2ccc3ccccc32)cc1. The summed E-state index contributed by atoms with van der Waals surface area (Å²) < 4.78 is 2.05. The van der Waals surface area contributed by atoms with Crippen LogP contribution >= 0.6 is 11.8 Å². The number of rotatable bonds is 3. The Morgan fingerprint density at radius 1 is 1.12 bits per heavy atom. The maximum Gasteiger partial charge on any atom is 0.243 e. The number of benzene rings is 2. The molecule has 0 aliphatic carbocycles. The van der Waals surface area contributed by atoms with Crippen molar-refractivity contribution in [1.82, 2.24) is 9.47 Å². The molecule has 1 amide bonds. The molecule has 3 nitrogen and oxygen atoms in total. The van der Waals surface area contributed by atoms with Crippen molar-refractivity contribution in [3.05, 3.63) is 71.9 Å². The van der Waals surface area contributed by atoms with Crippen molar-refractivity contribution < 1.29 is 4.79 Å². The highest BCUT2D eigenvalue weighted by molar-refractivity contribution is 7.99. The smallest absolute Gasteiger partial charge is 0.243 e. The first kappa shape index (κ1) is 15.3.